The minimum atomic E-state index is -0.944. The molecule has 0 aromatic heterocycles. The summed E-state index contributed by atoms with van der Waals surface area (Å²) in [6, 6.07) is 9.79. The van der Waals surface area contributed by atoms with E-state index in [2.05, 4.69) is 32.1 Å². The fourth-order valence-corrected chi connectivity index (χ4v) is 4.70. The summed E-state index contributed by atoms with van der Waals surface area (Å²) in [6.07, 6.45) is 6.09. The van der Waals surface area contributed by atoms with Gasteiger partial charge in [-0.1, -0.05) is 18.2 Å². The Kier molecular flexibility index (Phi) is 4.10. The fraction of sp³-hybridized carbons (Fsp3) is 0.348. The number of aryl methyl sites for hydroxylation is 1. The summed E-state index contributed by atoms with van der Waals surface area (Å²) >= 11 is 0. The maximum absolute atomic E-state index is 11.2. The van der Waals surface area contributed by atoms with Gasteiger partial charge >= 0.3 is 5.97 Å². The van der Waals surface area contributed by atoms with Gasteiger partial charge in [-0.15, -0.1) is 0 Å². The number of benzene rings is 2. The van der Waals surface area contributed by atoms with Crippen molar-refractivity contribution >= 4 is 17.6 Å². The Balaban J connectivity index is 1.73. The van der Waals surface area contributed by atoms with Crippen LogP contribution in [0.15, 0.2) is 30.3 Å². The second kappa shape index (κ2) is 6.31. The molecular formula is C23H24O3. The average Bonchev–Trinajstić information content (AvgIpc) is 3.23. The minimum Gasteiger partial charge on any atom is -0.496 e. The summed E-state index contributed by atoms with van der Waals surface area (Å²) in [5.74, 6) is 1.16. The van der Waals surface area contributed by atoms with Crippen LogP contribution in [0.25, 0.3) is 11.6 Å². The predicted octanol–water partition coefficient (Wildman–Crippen LogP) is 5.63. The van der Waals surface area contributed by atoms with Gasteiger partial charge in [0.1, 0.15) is 5.75 Å². The second-order valence-corrected chi connectivity index (χ2v) is 7.59. The molecule has 0 heterocycles. The van der Waals surface area contributed by atoms with Crippen LogP contribution >= 0.6 is 0 Å². The number of carbonyl (C=O) groups is 1. The Bertz CT molecular complexity index is 923. The lowest BCUT2D eigenvalue weighted by molar-refractivity contribution is 0.0696. The van der Waals surface area contributed by atoms with Gasteiger partial charge in [0.05, 0.1) is 12.7 Å². The Morgan fingerprint density at radius 2 is 1.85 bits per heavy atom. The van der Waals surface area contributed by atoms with Crippen molar-refractivity contribution in [3.05, 3.63) is 63.7 Å². The molecule has 1 fully saturated rings. The SMILES string of the molecule is COc1cc(C(=O)O)ccc1/C=C(\C)c1cc2c(cc1C)C1CCC2C1. The van der Waals surface area contributed by atoms with Crippen LogP contribution in [0.5, 0.6) is 5.75 Å². The maximum atomic E-state index is 11.2. The van der Waals surface area contributed by atoms with Gasteiger partial charge in [0.15, 0.2) is 0 Å². The van der Waals surface area contributed by atoms with E-state index in [0.717, 1.165) is 17.4 Å². The van der Waals surface area contributed by atoms with E-state index in [-0.39, 0.29) is 5.56 Å². The normalized spacial score (nSPS) is 21.0. The highest BCUT2D eigenvalue weighted by molar-refractivity contribution is 5.90. The number of carboxylic acid groups (broad SMARTS) is 1. The lowest BCUT2D eigenvalue weighted by Crippen LogP contribution is -2.01. The van der Waals surface area contributed by atoms with Crippen LogP contribution in [0.2, 0.25) is 0 Å². The molecule has 2 unspecified atom stereocenters. The molecule has 2 atom stereocenters. The van der Waals surface area contributed by atoms with E-state index < -0.39 is 5.97 Å². The molecule has 2 aromatic carbocycles. The Labute approximate surface area is 154 Å². The first kappa shape index (κ1) is 16.9. The zero-order chi connectivity index (χ0) is 18.4. The molecule has 0 radical (unpaired) electrons. The standard InChI is InChI=1S/C23H24O3/c1-13(8-17-6-7-18(23(24)25)11-22(17)26-3)19-12-21-16-5-4-15(10-16)20(21)9-14(19)2/h6-9,11-12,15-16H,4-5,10H2,1-3H3,(H,24,25)/b13-8+. The second-order valence-electron chi connectivity index (χ2n) is 7.59. The molecule has 0 spiro atoms. The first-order chi connectivity index (χ1) is 12.5. The van der Waals surface area contributed by atoms with Crippen molar-refractivity contribution < 1.29 is 14.6 Å². The third-order valence-electron chi connectivity index (χ3n) is 6.02. The number of rotatable bonds is 4. The lowest BCUT2D eigenvalue weighted by Gasteiger charge is -2.19. The van der Waals surface area contributed by atoms with Gasteiger partial charge in [-0.25, -0.2) is 4.79 Å². The highest BCUT2D eigenvalue weighted by atomic mass is 16.5. The largest absolute Gasteiger partial charge is 0.496 e. The van der Waals surface area contributed by atoms with Crippen molar-refractivity contribution in [2.75, 3.05) is 7.11 Å². The number of allylic oxidation sites excluding steroid dienone is 1. The Morgan fingerprint density at radius 1 is 1.15 bits per heavy atom. The smallest absolute Gasteiger partial charge is 0.335 e. The van der Waals surface area contributed by atoms with Gasteiger partial charge in [0.2, 0.25) is 0 Å². The molecule has 2 aliphatic carbocycles. The molecule has 3 heteroatoms. The third kappa shape index (κ3) is 2.72. The number of hydrogen-bond donors (Lipinski definition) is 1. The van der Waals surface area contributed by atoms with Crippen LogP contribution in [-0.2, 0) is 0 Å². The van der Waals surface area contributed by atoms with Gasteiger partial charge in [0.25, 0.3) is 0 Å². The van der Waals surface area contributed by atoms with Crippen molar-refractivity contribution in [2.24, 2.45) is 0 Å². The number of hydrogen-bond acceptors (Lipinski definition) is 2. The molecule has 26 heavy (non-hydrogen) atoms. The van der Waals surface area contributed by atoms with Crippen LogP contribution in [0.4, 0.5) is 0 Å². The molecule has 0 aliphatic heterocycles. The molecular weight excluding hydrogens is 324 g/mol. The Hall–Kier alpha value is -2.55. The fourth-order valence-electron chi connectivity index (χ4n) is 4.70. The Morgan fingerprint density at radius 3 is 2.50 bits per heavy atom. The molecule has 2 aliphatic rings. The van der Waals surface area contributed by atoms with Crippen LogP contribution in [0.3, 0.4) is 0 Å². The molecule has 1 saturated carbocycles. The van der Waals surface area contributed by atoms with Crippen molar-refractivity contribution in [3.8, 4) is 5.75 Å². The van der Waals surface area contributed by atoms with Crippen LogP contribution < -0.4 is 4.74 Å². The lowest BCUT2D eigenvalue weighted by atomic mass is 9.86. The van der Waals surface area contributed by atoms with E-state index in [0.29, 0.717) is 5.75 Å². The van der Waals surface area contributed by atoms with E-state index in [1.54, 1.807) is 30.4 Å². The van der Waals surface area contributed by atoms with Gasteiger partial charge < -0.3 is 9.84 Å². The van der Waals surface area contributed by atoms with Crippen molar-refractivity contribution in [3.63, 3.8) is 0 Å². The molecule has 0 amide bonds. The van der Waals surface area contributed by atoms with E-state index >= 15 is 0 Å². The van der Waals surface area contributed by atoms with Crippen LogP contribution in [0, 0.1) is 6.92 Å². The first-order valence-corrected chi connectivity index (χ1v) is 9.22. The summed E-state index contributed by atoms with van der Waals surface area (Å²) in [5.41, 5.74) is 8.01. The average molecular weight is 348 g/mol. The van der Waals surface area contributed by atoms with E-state index in [4.69, 9.17) is 9.84 Å². The number of fused-ring (bicyclic) bond motifs is 5. The summed E-state index contributed by atoms with van der Waals surface area (Å²) < 4.78 is 5.41. The molecule has 2 bridgehead atoms. The molecule has 2 aromatic rings. The summed E-state index contributed by atoms with van der Waals surface area (Å²) in [5, 5.41) is 9.16. The van der Waals surface area contributed by atoms with Gasteiger partial charge in [-0.2, -0.15) is 0 Å². The van der Waals surface area contributed by atoms with E-state index in [1.807, 2.05) is 6.07 Å². The van der Waals surface area contributed by atoms with E-state index in [1.165, 1.54) is 36.0 Å². The van der Waals surface area contributed by atoms with Crippen molar-refractivity contribution in [2.45, 2.75) is 44.9 Å². The quantitative estimate of drug-likeness (QED) is 0.729. The monoisotopic (exact) mass is 348 g/mol. The molecule has 4 rings (SSSR count). The molecule has 3 nitrogen and oxygen atoms in total. The number of ether oxygens (including phenoxy) is 1. The number of methoxy groups -OCH3 is 1. The van der Waals surface area contributed by atoms with Gasteiger partial charge in [-0.05, 0) is 91.0 Å². The zero-order valence-corrected chi connectivity index (χ0v) is 15.5. The van der Waals surface area contributed by atoms with Gasteiger partial charge in [-0.3, -0.25) is 0 Å². The molecule has 0 saturated heterocycles. The minimum absolute atomic E-state index is 0.237. The van der Waals surface area contributed by atoms with Crippen molar-refractivity contribution in [1.82, 2.24) is 0 Å². The highest BCUT2D eigenvalue weighted by Gasteiger charge is 2.37. The topological polar surface area (TPSA) is 46.5 Å². The van der Waals surface area contributed by atoms with Crippen LogP contribution in [0.1, 0.15) is 76.2 Å². The van der Waals surface area contributed by atoms with Crippen LogP contribution in [-0.4, -0.2) is 18.2 Å². The summed E-state index contributed by atoms with van der Waals surface area (Å²) in [7, 11) is 1.57. The van der Waals surface area contributed by atoms with Gasteiger partial charge in [0, 0.05) is 5.56 Å². The maximum Gasteiger partial charge on any atom is 0.335 e. The molecule has 1 N–H and O–H groups in total. The number of aromatic carboxylic acids is 1. The van der Waals surface area contributed by atoms with Crippen molar-refractivity contribution in [1.29, 1.82) is 0 Å². The summed E-state index contributed by atoms with van der Waals surface area (Å²) in [6.45, 7) is 4.30. The zero-order valence-electron chi connectivity index (χ0n) is 15.5. The highest BCUT2D eigenvalue weighted by Crippen LogP contribution is 2.53. The summed E-state index contributed by atoms with van der Waals surface area (Å²) in [4.78, 5) is 11.2. The first-order valence-electron chi connectivity index (χ1n) is 9.22. The van der Waals surface area contributed by atoms with E-state index in [9.17, 15) is 4.79 Å². The third-order valence-corrected chi connectivity index (χ3v) is 6.02. The number of carboxylic acids is 1. The predicted molar refractivity (Wildman–Crippen MR) is 104 cm³/mol. The molecule has 134 valence electrons.